The highest BCUT2D eigenvalue weighted by Gasteiger charge is 2.34. The first-order valence-electron chi connectivity index (χ1n) is 7.00. The Kier molecular flexibility index (Phi) is 10.2. The van der Waals surface area contributed by atoms with Crippen molar-refractivity contribution in [3.8, 4) is 0 Å². The third-order valence-electron chi connectivity index (χ3n) is 2.76. The minimum absolute atomic E-state index is 0.0103. The normalized spacial score (nSPS) is 12.5. The molecule has 0 fully saturated rings. The van der Waals surface area contributed by atoms with Gasteiger partial charge in [0.05, 0.1) is 12.6 Å². The molecule has 11 heteroatoms. The second-order valence-corrected chi connectivity index (χ2v) is 5.55. The minimum atomic E-state index is -1.14. The zero-order valence-corrected chi connectivity index (χ0v) is 15.4. The molecule has 0 aromatic rings. The third-order valence-corrected chi connectivity index (χ3v) is 3.66. The molecule has 9 nitrogen and oxygen atoms in total. The van der Waals surface area contributed by atoms with Crippen LogP contribution in [0.15, 0.2) is 0 Å². The summed E-state index contributed by atoms with van der Waals surface area (Å²) >= 11 is 9.25. The van der Waals surface area contributed by atoms with Crippen molar-refractivity contribution in [3.05, 3.63) is 0 Å². The van der Waals surface area contributed by atoms with Crippen molar-refractivity contribution in [1.82, 2.24) is 15.5 Å². The molecular weight excluding hydrogens is 356 g/mol. The highest BCUT2D eigenvalue weighted by molar-refractivity contribution is 7.80. The van der Waals surface area contributed by atoms with Gasteiger partial charge >= 0.3 is 5.97 Å². The van der Waals surface area contributed by atoms with E-state index in [9.17, 15) is 19.2 Å². The Labute approximate surface area is 151 Å². The molecule has 0 radical (unpaired) electrons. The second-order valence-electron chi connectivity index (χ2n) is 4.77. The molecule has 0 saturated heterocycles. The number of thiol groups is 1. The minimum Gasteiger partial charge on any atom is -0.443 e. The van der Waals surface area contributed by atoms with Crippen molar-refractivity contribution in [1.29, 1.82) is 0 Å². The van der Waals surface area contributed by atoms with Gasteiger partial charge in [-0.3, -0.25) is 19.3 Å². The number of nitrogens with zero attached hydrogens (tertiary/aromatic N) is 1. The number of hydrogen-bond acceptors (Lipinski definition) is 8. The highest BCUT2D eigenvalue weighted by Crippen LogP contribution is 2.10. The molecule has 0 aromatic carbocycles. The van der Waals surface area contributed by atoms with Gasteiger partial charge in [0, 0.05) is 19.6 Å². The lowest BCUT2D eigenvalue weighted by atomic mass is 10.2. The highest BCUT2D eigenvalue weighted by atomic mass is 32.1. The fourth-order valence-corrected chi connectivity index (χ4v) is 2.29. The summed E-state index contributed by atoms with van der Waals surface area (Å²) in [6, 6.07) is -1.82. The van der Waals surface area contributed by atoms with Crippen LogP contribution in [0.4, 0.5) is 0 Å². The molecule has 0 aromatic heterocycles. The number of thiocarbonyl (C=S) groups is 1. The summed E-state index contributed by atoms with van der Waals surface area (Å²) in [5.74, 6) is -2.24. The van der Waals surface area contributed by atoms with Crippen molar-refractivity contribution >= 4 is 53.5 Å². The molecule has 0 spiro atoms. The standard InChI is InChI=1S/C13H22N4O5S2/c1-7(16-9(3)19)12(24)17(11(20)4-14)10(5-23)13(21)22-6-15-8(2)18/h7,10,23H,4-6,14H2,1-3H3,(H,15,18)(H,16,19)/t7?,10-/m1/s1. The van der Waals surface area contributed by atoms with E-state index in [1.54, 1.807) is 6.92 Å². The Morgan fingerprint density at radius 1 is 1.25 bits per heavy atom. The fraction of sp³-hybridized carbons (Fsp3) is 0.615. The summed E-state index contributed by atoms with van der Waals surface area (Å²) in [6.07, 6.45) is 0. The number of esters is 1. The first-order valence-corrected chi connectivity index (χ1v) is 8.04. The van der Waals surface area contributed by atoms with Gasteiger partial charge in [-0.25, -0.2) is 4.79 Å². The Bertz CT molecular complexity index is 515. The molecule has 0 aliphatic carbocycles. The van der Waals surface area contributed by atoms with Gasteiger partial charge in [0.2, 0.25) is 17.7 Å². The van der Waals surface area contributed by atoms with Crippen molar-refractivity contribution < 1.29 is 23.9 Å². The van der Waals surface area contributed by atoms with Gasteiger partial charge in [-0.1, -0.05) is 12.2 Å². The maximum absolute atomic E-state index is 12.2. The Morgan fingerprint density at radius 2 is 1.83 bits per heavy atom. The molecule has 4 N–H and O–H groups in total. The number of carbonyl (C=O) groups is 4. The zero-order valence-electron chi connectivity index (χ0n) is 13.7. The predicted molar refractivity (Wildman–Crippen MR) is 94.2 cm³/mol. The van der Waals surface area contributed by atoms with Gasteiger partial charge in [-0.2, -0.15) is 12.6 Å². The average Bonchev–Trinajstić information content (AvgIpc) is 2.49. The van der Waals surface area contributed by atoms with Crippen LogP contribution in [0.25, 0.3) is 0 Å². The van der Waals surface area contributed by atoms with E-state index in [0.29, 0.717) is 0 Å². The average molecular weight is 378 g/mol. The first kappa shape index (κ1) is 22.3. The molecular formula is C13H22N4O5S2. The van der Waals surface area contributed by atoms with Crippen LogP contribution in [0.2, 0.25) is 0 Å². The maximum atomic E-state index is 12.2. The third kappa shape index (κ3) is 7.23. The summed E-state index contributed by atoms with van der Waals surface area (Å²) in [6.45, 7) is 3.39. The largest absolute Gasteiger partial charge is 0.443 e. The fourth-order valence-electron chi connectivity index (χ4n) is 1.69. The molecule has 136 valence electrons. The van der Waals surface area contributed by atoms with E-state index in [-0.39, 0.29) is 29.3 Å². The summed E-state index contributed by atoms with van der Waals surface area (Å²) in [4.78, 5) is 47.2. The van der Waals surface area contributed by atoms with Gasteiger partial charge in [-0.05, 0) is 6.92 Å². The van der Waals surface area contributed by atoms with E-state index in [2.05, 4.69) is 23.3 Å². The number of ether oxygens (including phenoxy) is 1. The van der Waals surface area contributed by atoms with E-state index in [1.165, 1.54) is 13.8 Å². The molecule has 0 aliphatic heterocycles. The van der Waals surface area contributed by atoms with Crippen LogP contribution in [0.5, 0.6) is 0 Å². The summed E-state index contributed by atoms with van der Waals surface area (Å²) in [7, 11) is 0. The van der Waals surface area contributed by atoms with Crippen molar-refractivity contribution in [2.45, 2.75) is 32.9 Å². The van der Waals surface area contributed by atoms with Gasteiger partial charge < -0.3 is 21.1 Å². The number of amides is 3. The Morgan fingerprint density at radius 3 is 2.25 bits per heavy atom. The SMILES string of the molecule is CC(=O)NCOC(=O)[C@@H](CS)N(C(=O)CN)C(=S)C(C)NC(C)=O. The predicted octanol–water partition coefficient (Wildman–Crippen LogP) is -1.44. The van der Waals surface area contributed by atoms with Crippen molar-refractivity contribution in [2.24, 2.45) is 5.73 Å². The topological polar surface area (TPSA) is 131 Å². The Hall–Kier alpha value is -1.72. The number of carbonyl (C=O) groups excluding carboxylic acids is 4. The first-order chi connectivity index (χ1) is 11.1. The summed E-state index contributed by atoms with van der Waals surface area (Å²) < 4.78 is 4.89. The molecule has 2 atom stereocenters. The zero-order chi connectivity index (χ0) is 18.9. The maximum Gasteiger partial charge on any atom is 0.331 e. The molecule has 1 unspecified atom stereocenters. The monoisotopic (exact) mass is 378 g/mol. The van der Waals surface area contributed by atoms with Crippen LogP contribution in [0, 0.1) is 0 Å². The lowest BCUT2D eigenvalue weighted by Gasteiger charge is -2.32. The Balaban J connectivity index is 5.26. The van der Waals surface area contributed by atoms with Crippen LogP contribution in [0.3, 0.4) is 0 Å². The van der Waals surface area contributed by atoms with E-state index >= 15 is 0 Å². The van der Waals surface area contributed by atoms with Gasteiger partial charge in [0.1, 0.15) is 11.0 Å². The van der Waals surface area contributed by atoms with E-state index < -0.39 is 30.5 Å². The lowest BCUT2D eigenvalue weighted by Crippen LogP contribution is -2.57. The summed E-state index contributed by atoms with van der Waals surface area (Å²) in [5.41, 5.74) is 5.37. The van der Waals surface area contributed by atoms with Gasteiger partial charge in [0.25, 0.3) is 0 Å². The molecule has 3 amide bonds. The van der Waals surface area contributed by atoms with E-state index in [0.717, 1.165) is 4.90 Å². The number of nitrogens with one attached hydrogen (secondary N) is 2. The molecule has 24 heavy (non-hydrogen) atoms. The van der Waals surface area contributed by atoms with Crippen LogP contribution in [-0.4, -0.2) is 64.7 Å². The number of rotatable bonds is 8. The van der Waals surface area contributed by atoms with Gasteiger partial charge in [-0.15, -0.1) is 0 Å². The van der Waals surface area contributed by atoms with E-state index in [4.69, 9.17) is 22.7 Å². The van der Waals surface area contributed by atoms with Crippen LogP contribution >= 0.6 is 24.8 Å². The number of nitrogens with two attached hydrogens (primary N) is 1. The molecule has 0 heterocycles. The smallest absolute Gasteiger partial charge is 0.331 e. The van der Waals surface area contributed by atoms with Crippen LogP contribution in [0.1, 0.15) is 20.8 Å². The van der Waals surface area contributed by atoms with Crippen molar-refractivity contribution in [2.75, 3.05) is 19.0 Å². The van der Waals surface area contributed by atoms with Crippen LogP contribution in [-0.2, 0) is 23.9 Å². The lowest BCUT2D eigenvalue weighted by molar-refractivity contribution is -0.152. The van der Waals surface area contributed by atoms with Gasteiger partial charge in [0.15, 0.2) is 6.73 Å². The summed E-state index contributed by atoms with van der Waals surface area (Å²) in [5, 5.41) is 4.82. The molecule has 0 bridgehead atoms. The molecule has 0 saturated carbocycles. The van der Waals surface area contributed by atoms with Crippen LogP contribution < -0.4 is 16.4 Å². The van der Waals surface area contributed by atoms with E-state index in [1.807, 2.05) is 0 Å². The molecule has 0 aliphatic rings. The molecule has 0 rings (SSSR count). The quantitative estimate of drug-likeness (QED) is 0.176. The second kappa shape index (κ2) is 10.9. The van der Waals surface area contributed by atoms with Crippen molar-refractivity contribution in [3.63, 3.8) is 0 Å². The number of hydrogen-bond donors (Lipinski definition) is 4.